The third-order valence-electron chi connectivity index (χ3n) is 2.94. The van der Waals surface area contributed by atoms with E-state index in [1.807, 2.05) is 0 Å². The van der Waals surface area contributed by atoms with E-state index in [4.69, 9.17) is 0 Å². The molecule has 0 aliphatic heterocycles. The van der Waals surface area contributed by atoms with Crippen LogP contribution in [0.3, 0.4) is 0 Å². The van der Waals surface area contributed by atoms with Gasteiger partial charge in [-0.3, -0.25) is 0 Å². The minimum absolute atomic E-state index is 0.908. The molecular weight excluding hydrogens is 156 g/mol. The summed E-state index contributed by atoms with van der Waals surface area (Å²) in [4.78, 5) is 0. The number of aryl methyl sites for hydroxylation is 1. The van der Waals surface area contributed by atoms with Crippen LogP contribution >= 0.6 is 0 Å². The van der Waals surface area contributed by atoms with Crippen LogP contribution in [0.15, 0.2) is 24.3 Å². The highest BCUT2D eigenvalue weighted by Crippen LogP contribution is 2.44. The van der Waals surface area contributed by atoms with E-state index in [0.29, 0.717) is 0 Å². The maximum absolute atomic E-state index is 2.28. The third kappa shape index (κ3) is 1.77. The summed E-state index contributed by atoms with van der Waals surface area (Å²) in [5.74, 6) is 2.59. The molecule has 0 bridgehead atoms. The first-order chi connectivity index (χ1) is 6.33. The van der Waals surface area contributed by atoms with Gasteiger partial charge < -0.3 is 0 Å². The van der Waals surface area contributed by atoms with Gasteiger partial charge in [0, 0.05) is 5.92 Å². The number of hydrogen-bond acceptors (Lipinski definition) is 0. The van der Waals surface area contributed by atoms with E-state index in [2.05, 4.69) is 38.1 Å². The van der Waals surface area contributed by atoms with Crippen molar-refractivity contribution in [1.82, 2.24) is 0 Å². The molecule has 1 fully saturated rings. The van der Waals surface area contributed by atoms with Crippen LogP contribution in [0.4, 0.5) is 0 Å². The van der Waals surface area contributed by atoms with E-state index >= 15 is 0 Å². The molecular formula is C13H17. The average Bonchev–Trinajstić information content (AvgIpc) is 2.93. The minimum Gasteiger partial charge on any atom is -0.0645 e. The molecule has 0 N–H and O–H groups in total. The summed E-state index contributed by atoms with van der Waals surface area (Å²) in [6, 6.07) is 8.76. The van der Waals surface area contributed by atoms with Crippen LogP contribution in [-0.2, 0) is 0 Å². The predicted octanol–water partition coefficient (Wildman–Crippen LogP) is 3.74. The van der Waals surface area contributed by atoms with E-state index < -0.39 is 0 Å². The summed E-state index contributed by atoms with van der Waals surface area (Å²) in [6.07, 6.45) is 4.05. The van der Waals surface area contributed by atoms with Gasteiger partial charge >= 0.3 is 0 Å². The fraction of sp³-hybridized carbons (Fsp3) is 0.462. The molecule has 1 aliphatic rings. The van der Waals surface area contributed by atoms with Crippen molar-refractivity contribution in [1.29, 1.82) is 0 Å². The number of hydrogen-bond donors (Lipinski definition) is 0. The molecule has 0 heteroatoms. The van der Waals surface area contributed by atoms with Crippen molar-refractivity contribution in [2.75, 3.05) is 0 Å². The normalized spacial score (nSPS) is 16.5. The van der Waals surface area contributed by atoms with Crippen LogP contribution in [0.25, 0.3) is 0 Å². The smallest absolute Gasteiger partial charge is 0.00806 e. The van der Waals surface area contributed by atoms with Crippen LogP contribution in [0.5, 0.6) is 0 Å². The molecule has 0 unspecified atom stereocenters. The van der Waals surface area contributed by atoms with Crippen molar-refractivity contribution in [3.63, 3.8) is 0 Å². The molecule has 1 aliphatic carbocycles. The first-order valence-electron chi connectivity index (χ1n) is 5.24. The van der Waals surface area contributed by atoms with E-state index in [-0.39, 0.29) is 0 Å². The summed E-state index contributed by atoms with van der Waals surface area (Å²) in [6.45, 7) is 4.49. The van der Waals surface area contributed by atoms with Crippen molar-refractivity contribution >= 4 is 0 Å². The van der Waals surface area contributed by atoms with Gasteiger partial charge in [-0.1, -0.05) is 31.2 Å². The maximum Gasteiger partial charge on any atom is 0.00806 e. The van der Waals surface area contributed by atoms with E-state index in [0.717, 1.165) is 5.92 Å². The first-order valence-corrected chi connectivity index (χ1v) is 5.24. The number of benzene rings is 1. The van der Waals surface area contributed by atoms with E-state index in [9.17, 15) is 0 Å². The molecule has 0 amide bonds. The van der Waals surface area contributed by atoms with Gasteiger partial charge in [-0.15, -0.1) is 0 Å². The van der Waals surface area contributed by atoms with Crippen molar-refractivity contribution < 1.29 is 0 Å². The van der Waals surface area contributed by atoms with Gasteiger partial charge in [0.05, 0.1) is 0 Å². The quantitative estimate of drug-likeness (QED) is 0.653. The average molecular weight is 173 g/mol. The second-order valence-electron chi connectivity index (χ2n) is 3.97. The Morgan fingerprint density at radius 1 is 1.31 bits per heavy atom. The Morgan fingerprint density at radius 2 is 2.00 bits per heavy atom. The van der Waals surface area contributed by atoms with Crippen LogP contribution in [0.1, 0.15) is 37.3 Å². The van der Waals surface area contributed by atoms with Crippen molar-refractivity contribution in [2.24, 2.45) is 5.92 Å². The van der Waals surface area contributed by atoms with Gasteiger partial charge in [-0.25, -0.2) is 0 Å². The van der Waals surface area contributed by atoms with E-state index in [1.165, 1.54) is 30.4 Å². The summed E-state index contributed by atoms with van der Waals surface area (Å²) < 4.78 is 0. The Kier molecular flexibility index (Phi) is 2.39. The Hall–Kier alpha value is -0.780. The lowest BCUT2D eigenvalue weighted by Crippen LogP contribution is -2.02. The highest BCUT2D eigenvalue weighted by molar-refractivity contribution is 5.39. The molecule has 0 saturated heterocycles. The maximum atomic E-state index is 2.28. The fourth-order valence-corrected chi connectivity index (χ4v) is 2.06. The van der Waals surface area contributed by atoms with Gasteiger partial charge in [0.15, 0.2) is 0 Å². The molecule has 69 valence electrons. The van der Waals surface area contributed by atoms with Crippen molar-refractivity contribution in [3.05, 3.63) is 41.3 Å². The van der Waals surface area contributed by atoms with Crippen LogP contribution < -0.4 is 0 Å². The Balaban J connectivity index is 2.26. The second-order valence-corrected chi connectivity index (χ2v) is 3.97. The standard InChI is InChI=1S/C13H17/c1-3-12(11-8-9-11)13-7-5-4-6-10(13)2/h4-7,11H,3,8-9H2,1-2H3. The molecule has 0 nitrogen and oxygen atoms in total. The summed E-state index contributed by atoms with van der Waals surface area (Å²) in [5, 5.41) is 0. The van der Waals surface area contributed by atoms with Gasteiger partial charge in [-0.2, -0.15) is 0 Å². The van der Waals surface area contributed by atoms with Crippen LogP contribution in [0.2, 0.25) is 0 Å². The van der Waals surface area contributed by atoms with Crippen LogP contribution in [0, 0.1) is 18.8 Å². The zero-order valence-corrected chi connectivity index (χ0v) is 8.51. The predicted molar refractivity (Wildman–Crippen MR) is 56.5 cm³/mol. The lowest BCUT2D eigenvalue weighted by atomic mass is 9.89. The van der Waals surface area contributed by atoms with E-state index in [1.54, 1.807) is 5.92 Å². The summed E-state index contributed by atoms with van der Waals surface area (Å²) in [5.41, 5.74) is 2.94. The summed E-state index contributed by atoms with van der Waals surface area (Å²) >= 11 is 0. The van der Waals surface area contributed by atoms with Gasteiger partial charge in [0.2, 0.25) is 0 Å². The SMILES string of the molecule is CC[C](c1ccccc1C)C1CC1. The summed E-state index contributed by atoms with van der Waals surface area (Å²) in [7, 11) is 0. The largest absolute Gasteiger partial charge is 0.0645 e. The fourth-order valence-electron chi connectivity index (χ4n) is 2.06. The Morgan fingerprint density at radius 3 is 2.54 bits per heavy atom. The zero-order valence-electron chi connectivity index (χ0n) is 8.51. The molecule has 1 saturated carbocycles. The molecule has 0 aromatic heterocycles. The first kappa shape index (κ1) is 8.80. The third-order valence-corrected chi connectivity index (χ3v) is 2.94. The topological polar surface area (TPSA) is 0 Å². The Bertz CT molecular complexity index is 284. The second kappa shape index (κ2) is 3.53. The minimum atomic E-state index is 0.908. The molecule has 13 heavy (non-hydrogen) atoms. The molecule has 0 spiro atoms. The molecule has 0 atom stereocenters. The van der Waals surface area contributed by atoms with Gasteiger partial charge in [0.25, 0.3) is 0 Å². The van der Waals surface area contributed by atoms with Gasteiger partial charge in [0.1, 0.15) is 0 Å². The monoisotopic (exact) mass is 173 g/mol. The highest BCUT2D eigenvalue weighted by atomic mass is 14.4. The lowest BCUT2D eigenvalue weighted by Gasteiger charge is -2.15. The molecule has 1 aromatic carbocycles. The highest BCUT2D eigenvalue weighted by Gasteiger charge is 2.31. The molecule has 0 heterocycles. The van der Waals surface area contributed by atoms with Crippen molar-refractivity contribution in [2.45, 2.75) is 33.1 Å². The zero-order chi connectivity index (χ0) is 9.26. The molecule has 1 aromatic rings. The van der Waals surface area contributed by atoms with Crippen LogP contribution in [-0.4, -0.2) is 0 Å². The molecule has 2 rings (SSSR count). The Labute approximate surface area is 81.0 Å². The van der Waals surface area contributed by atoms with Crippen molar-refractivity contribution in [3.8, 4) is 0 Å². The lowest BCUT2D eigenvalue weighted by molar-refractivity contribution is 0.785. The molecule has 1 radical (unpaired) electrons. The number of rotatable bonds is 3. The van der Waals surface area contributed by atoms with Gasteiger partial charge in [-0.05, 0) is 43.2 Å².